The molecular weight excluding hydrogens is 1950 g/mol. The Morgan fingerprint density at radius 2 is 1.20 bits per heavy atom. The van der Waals surface area contributed by atoms with Gasteiger partial charge in [-0.15, -0.1) is 34.4 Å². The quantitative estimate of drug-likeness (QED) is 0.0121. The Hall–Kier alpha value is -14.2. The Kier molecular flexibility index (Phi) is 37.4. The first kappa shape index (κ1) is 109. The minimum atomic E-state index is -4.43. The van der Waals surface area contributed by atoms with Gasteiger partial charge in [0, 0.05) is 58.9 Å². The average molecular weight is 2060 g/mol. The molecule has 3 aromatic heterocycles. The third-order valence-electron chi connectivity index (χ3n) is 25.1. The number of piperidine rings is 1. The van der Waals surface area contributed by atoms with Gasteiger partial charge in [-0.1, -0.05) is 165 Å². The highest BCUT2D eigenvalue weighted by molar-refractivity contribution is 7.98. The lowest BCUT2D eigenvalue weighted by atomic mass is 9.70. The molecule has 1 amide bonds. The molecule has 0 spiro atoms. The predicted molar refractivity (Wildman–Crippen MR) is 542 cm³/mol. The number of methoxy groups -OCH3 is 1. The number of oxazole rings is 1. The van der Waals surface area contributed by atoms with Gasteiger partial charge in [0.25, 0.3) is 5.91 Å². The topological polar surface area (TPSA) is 263 Å². The zero-order chi connectivity index (χ0) is 104. The summed E-state index contributed by atoms with van der Waals surface area (Å²) in [6, 6.07) is 76.0. The van der Waals surface area contributed by atoms with Crippen molar-refractivity contribution in [1.82, 2.24) is 20.2 Å². The van der Waals surface area contributed by atoms with Crippen molar-refractivity contribution in [1.29, 1.82) is 0 Å². The van der Waals surface area contributed by atoms with Crippen LogP contribution in [0.15, 0.2) is 288 Å². The number of benzene rings is 11. The number of alkyl halides is 9. The van der Waals surface area contributed by atoms with Crippen LogP contribution in [-0.2, 0) is 68.5 Å². The summed E-state index contributed by atoms with van der Waals surface area (Å²) in [4.78, 5) is 88.4. The van der Waals surface area contributed by atoms with Crippen molar-refractivity contribution in [2.45, 2.75) is 158 Å². The molecular formula is C114H108F10N4O15S3. The van der Waals surface area contributed by atoms with Crippen molar-refractivity contribution in [3.05, 3.63) is 362 Å². The number of Topliss-reactive ketones (excluding diaryl/α,β-unsaturated/α-hetero) is 2. The van der Waals surface area contributed by atoms with E-state index < -0.39 is 83.1 Å². The van der Waals surface area contributed by atoms with Gasteiger partial charge in [-0.25, -0.2) is 23.9 Å². The molecule has 14 aromatic rings. The molecule has 1 fully saturated rings. The number of carbonyl (C=O) groups excluding carboxylic acids is 3. The molecule has 1 aliphatic carbocycles. The normalized spacial score (nSPS) is 13.4. The molecule has 0 bridgehead atoms. The number of ketones is 2. The number of thiazole rings is 1. The minimum absolute atomic E-state index is 0.0310. The molecule has 4 N–H and O–H groups in total. The van der Waals surface area contributed by atoms with E-state index in [2.05, 4.69) is 20.2 Å². The fourth-order valence-electron chi connectivity index (χ4n) is 17.3. The van der Waals surface area contributed by atoms with Crippen LogP contribution in [0.4, 0.5) is 43.9 Å². The number of aliphatic carboxylic acids is 3. The van der Waals surface area contributed by atoms with Gasteiger partial charge < -0.3 is 53.6 Å². The number of unbranched alkanes of at least 4 members (excludes halogenated alkanes) is 1. The van der Waals surface area contributed by atoms with Crippen LogP contribution in [-0.4, -0.2) is 117 Å². The van der Waals surface area contributed by atoms with E-state index in [0.29, 0.717) is 124 Å². The maximum Gasteiger partial charge on any atom is 0.416 e. The zero-order valence-corrected chi connectivity index (χ0v) is 83.2. The van der Waals surface area contributed by atoms with E-state index in [4.69, 9.17) is 33.2 Å². The Morgan fingerprint density at radius 3 is 1.79 bits per heavy atom. The molecule has 19 nitrogen and oxygen atoms in total. The lowest BCUT2D eigenvalue weighted by Gasteiger charge is -2.33. The van der Waals surface area contributed by atoms with Gasteiger partial charge in [0.05, 0.1) is 64.4 Å². The van der Waals surface area contributed by atoms with E-state index in [9.17, 15) is 82.9 Å². The molecule has 0 radical (unpaired) electrons. The van der Waals surface area contributed by atoms with Crippen LogP contribution in [0, 0.1) is 38.4 Å². The highest BCUT2D eigenvalue weighted by Crippen LogP contribution is 2.53. The number of nitrogens with zero attached hydrogens (tertiary/aromatic N) is 3. The molecule has 1 aliphatic heterocycles. The van der Waals surface area contributed by atoms with E-state index >= 15 is 0 Å². The summed E-state index contributed by atoms with van der Waals surface area (Å²) in [7, 11) is 1.48. The second kappa shape index (κ2) is 50.1. The van der Waals surface area contributed by atoms with Crippen LogP contribution in [0.1, 0.15) is 159 Å². The lowest BCUT2D eigenvalue weighted by molar-refractivity contribution is -0.153. The first-order chi connectivity index (χ1) is 69.8. The van der Waals surface area contributed by atoms with Crippen LogP contribution in [0.2, 0.25) is 0 Å². The Bertz CT molecular complexity index is 6710. The summed E-state index contributed by atoms with van der Waals surface area (Å²) >= 11 is 4.65. The van der Waals surface area contributed by atoms with Crippen molar-refractivity contribution < 1.29 is 116 Å². The second-order valence-corrected chi connectivity index (χ2v) is 38.5. The van der Waals surface area contributed by atoms with Crippen LogP contribution in [0.5, 0.6) is 34.5 Å². The monoisotopic (exact) mass is 2060 g/mol. The number of hydrogen-bond donors (Lipinski definition) is 4. The van der Waals surface area contributed by atoms with Gasteiger partial charge in [-0.05, 0) is 274 Å². The number of carboxylic acids is 3. The van der Waals surface area contributed by atoms with Crippen molar-refractivity contribution >= 4 is 69.8 Å². The predicted octanol–water partition coefficient (Wildman–Crippen LogP) is 27.9. The number of thioether (sulfide) groups is 1. The Balaban J connectivity index is 0.000000167. The first-order valence-electron chi connectivity index (χ1n) is 47.3. The lowest BCUT2D eigenvalue weighted by Crippen LogP contribution is -2.43. The van der Waals surface area contributed by atoms with Crippen LogP contribution >= 0.6 is 34.4 Å². The highest BCUT2D eigenvalue weighted by atomic mass is 32.2. The van der Waals surface area contributed by atoms with E-state index in [1.54, 1.807) is 115 Å². The summed E-state index contributed by atoms with van der Waals surface area (Å²) in [5.74, 6) is 1.09. The summed E-state index contributed by atoms with van der Waals surface area (Å²) in [5, 5.41) is 33.3. The van der Waals surface area contributed by atoms with Crippen LogP contribution in [0.25, 0.3) is 43.6 Å². The molecule has 146 heavy (non-hydrogen) atoms. The SMILES string of the molecule is CCC(Cc1ccc(OC)c(C(=O)NCc2ccc(Oc3ccc(F)cc3)cc2)c1)C(=O)O.Cc1cc(SCc2sc(-c3ccc(C(F)(F)F)cc3)nc2C)ccc1OCC(=O)O.Cc1oc(-c2cccs2)nc1CCOc1ccc(C[C@](C)(Oc2ccccc2)C(=O)O)cc1.O=C(CC1CCN(CCCCC2(C(=O)CCC(F)(F)F)c3ccccc3-c3ccccc32)CC1)c1ccccc1-c1ccc(C(F)(F)F)cc1. The first-order valence-corrected chi connectivity index (χ1v) is 49.9. The maximum absolute atomic E-state index is 13.8. The number of halogens is 10. The highest BCUT2D eigenvalue weighted by Gasteiger charge is 2.49. The molecule has 0 saturated carbocycles. The molecule has 32 heteroatoms. The van der Waals surface area contributed by atoms with Gasteiger partial charge in [0.15, 0.2) is 12.4 Å². The number of hydrogen-bond acceptors (Lipinski definition) is 18. The van der Waals surface area contributed by atoms with Crippen LogP contribution < -0.4 is 29.0 Å². The minimum Gasteiger partial charge on any atom is -0.496 e. The number of ether oxygens (including phenoxy) is 5. The van der Waals surface area contributed by atoms with Crippen LogP contribution in [0.3, 0.4) is 0 Å². The van der Waals surface area contributed by atoms with Gasteiger partial charge in [0.1, 0.15) is 56.9 Å². The van der Waals surface area contributed by atoms with Crippen molar-refractivity contribution in [2.24, 2.45) is 11.8 Å². The number of nitrogens with one attached hydrogen (secondary N) is 1. The third kappa shape index (κ3) is 29.8. The van der Waals surface area contributed by atoms with E-state index in [1.807, 2.05) is 160 Å². The molecule has 11 aromatic carbocycles. The number of para-hydroxylation sites is 1. The maximum atomic E-state index is 13.8. The third-order valence-corrected chi connectivity index (χ3v) is 28.4. The molecule has 16 rings (SSSR count). The number of thiophene rings is 1. The largest absolute Gasteiger partial charge is 0.496 e. The standard InChI is InChI=1S/C41H39F6NO2.C26H26FNO5.C26H25NO5S.C21H18F3NO3S2/c42-40(43,44)23-19-38(50)39(35-13-5-3-10-32(35)33-11-4-6-14-36(33)39)22-7-8-24-48-25-20-28(21-26-48)27-37(49)34-12-2-1-9-31(34)29-15-17-30(18-16-29)41(45,46)47;1-3-19(26(30)31)14-18-6-13-24(32-2)23(15-18)25(29)28-16-17-4-9-21(10-5-17)33-22-11-7-20(27)8-12-22;1-18-22(27-24(31-18)23-9-6-16-33-23)14-15-30-20-12-10-19(11-13-20)17-26(2,25(28)29)32-21-7-4-3-5-8-21;1-12-9-16(7-8-17(12)28-10-19(26)27)29-11-18-13(2)25-20(30-18)14-3-5-15(6-4-14)21(22,23)24/h1-6,9-18,28H,7-8,19-27H2;4-13,15,19H,3,14,16H2,1-2H3,(H,28,29)(H,30,31);3-13,16H,14-15,17H2,1-2H3,(H,28,29);3-9H,10-11H2,1-2H3,(H,26,27)/t;;26-;/m..0./s1. The van der Waals surface area contributed by atoms with Crippen molar-refractivity contribution in [2.75, 3.05) is 40.0 Å². The van der Waals surface area contributed by atoms with E-state index in [1.165, 1.54) is 54.8 Å². The number of amides is 1. The number of aromatic nitrogens is 2. The number of fused-ring (bicyclic) bond motifs is 3. The summed E-state index contributed by atoms with van der Waals surface area (Å²) < 4.78 is 164. The van der Waals surface area contributed by atoms with E-state index in [0.717, 1.165) is 139 Å². The van der Waals surface area contributed by atoms with Gasteiger partial charge in [0.2, 0.25) is 11.5 Å². The number of rotatable bonds is 39. The van der Waals surface area contributed by atoms with Crippen molar-refractivity contribution in [3.63, 3.8) is 0 Å². The summed E-state index contributed by atoms with van der Waals surface area (Å²) in [6.45, 7) is 11.8. The smallest absolute Gasteiger partial charge is 0.416 e. The summed E-state index contributed by atoms with van der Waals surface area (Å²) in [5.41, 5.74) is 7.21. The van der Waals surface area contributed by atoms with E-state index in [-0.39, 0.29) is 43.0 Å². The molecule has 1 saturated heterocycles. The Morgan fingerprint density at radius 1 is 0.610 bits per heavy atom. The number of carbonyl (C=O) groups is 6. The zero-order valence-electron chi connectivity index (χ0n) is 80.7. The fourth-order valence-corrected chi connectivity index (χ4v) is 20.1. The average Bonchev–Trinajstić information content (AvgIpc) is 1.56. The Labute approximate surface area is 851 Å². The second-order valence-electron chi connectivity index (χ2n) is 35.5. The van der Waals surface area contributed by atoms with Gasteiger partial charge in [-0.3, -0.25) is 19.2 Å². The molecule has 4 heterocycles. The van der Waals surface area contributed by atoms with Gasteiger partial charge in [-0.2, -0.15) is 39.5 Å². The van der Waals surface area contributed by atoms with Gasteiger partial charge >= 0.3 is 36.4 Å². The molecule has 1 unspecified atom stereocenters. The summed E-state index contributed by atoms with van der Waals surface area (Å²) in [6.07, 6.45) is -9.33. The fraction of sp³-hybridized carbons (Fsp3) is 0.281. The van der Waals surface area contributed by atoms with Crippen molar-refractivity contribution in [3.8, 4) is 78.1 Å². The molecule has 2 aliphatic rings. The molecule has 2 atom stereocenters. The number of likely N-dealkylation sites (tertiary alicyclic amines) is 1. The number of carboxylic acid groups (broad SMARTS) is 3. The number of aryl methyl sites for hydroxylation is 3. The molecule has 762 valence electrons.